The Morgan fingerprint density at radius 2 is 2.04 bits per heavy atom. The summed E-state index contributed by atoms with van der Waals surface area (Å²) in [6.07, 6.45) is 11.7. The Morgan fingerprint density at radius 3 is 2.74 bits per heavy atom. The number of carbonyl (C=O) groups excluding carboxylic acids is 1. The second-order valence-corrected chi connectivity index (χ2v) is 8.51. The van der Waals surface area contributed by atoms with E-state index in [9.17, 15) is 4.79 Å². The molecule has 1 saturated carbocycles. The van der Waals surface area contributed by atoms with Crippen molar-refractivity contribution in [2.45, 2.75) is 84.7 Å². The van der Waals surface area contributed by atoms with Gasteiger partial charge in [0.2, 0.25) is 0 Å². The summed E-state index contributed by atoms with van der Waals surface area (Å²) in [6.45, 7) is 7.42. The Kier molecular flexibility index (Phi) is 8.95. The van der Waals surface area contributed by atoms with Crippen LogP contribution in [0.25, 0.3) is 0 Å². The number of nitrogens with one attached hydrogen (secondary N) is 2. The van der Waals surface area contributed by atoms with E-state index >= 15 is 0 Å². The second-order valence-electron chi connectivity index (χ2n) is 8.51. The smallest absolute Gasteiger partial charge is 0.407 e. The normalized spacial score (nSPS) is 22.7. The van der Waals surface area contributed by atoms with Crippen LogP contribution in [0.5, 0.6) is 0 Å². The maximum atomic E-state index is 12.1. The van der Waals surface area contributed by atoms with Crippen LogP contribution in [0.3, 0.4) is 0 Å². The van der Waals surface area contributed by atoms with E-state index in [1.807, 2.05) is 6.20 Å². The number of anilines is 1. The molecule has 1 heterocycles. The number of H-pyrrole nitrogens is 1. The number of nitrogen functional groups attached to an aromatic ring is 1. The summed E-state index contributed by atoms with van der Waals surface area (Å²) in [5.41, 5.74) is 6.67. The molecule has 0 saturated heterocycles. The summed E-state index contributed by atoms with van der Waals surface area (Å²) in [7, 11) is 0. The number of alkyl carbamates (subject to hydrolysis) is 1. The van der Waals surface area contributed by atoms with Gasteiger partial charge in [0.1, 0.15) is 6.10 Å². The van der Waals surface area contributed by atoms with Crippen molar-refractivity contribution < 1.29 is 9.53 Å². The molecular weight excluding hydrogens is 340 g/mol. The minimum atomic E-state index is -0.239. The average molecular weight is 379 g/mol. The van der Waals surface area contributed by atoms with Crippen LogP contribution < -0.4 is 11.1 Å². The fraction of sp³-hybridized carbons (Fsp3) is 0.810. The summed E-state index contributed by atoms with van der Waals surface area (Å²) >= 11 is 0. The van der Waals surface area contributed by atoms with Crippen LogP contribution >= 0.6 is 0 Å². The predicted octanol–water partition coefficient (Wildman–Crippen LogP) is 4.67. The quantitative estimate of drug-likeness (QED) is 0.516. The highest BCUT2D eigenvalue weighted by Crippen LogP contribution is 2.35. The Hall–Kier alpha value is -1.72. The Morgan fingerprint density at radius 1 is 1.30 bits per heavy atom. The number of imidazole rings is 1. The van der Waals surface area contributed by atoms with Gasteiger partial charge in [-0.25, -0.2) is 9.78 Å². The van der Waals surface area contributed by atoms with Crippen molar-refractivity contribution in [3.05, 3.63) is 11.9 Å². The predicted molar refractivity (Wildman–Crippen MR) is 109 cm³/mol. The lowest BCUT2D eigenvalue weighted by Gasteiger charge is -2.36. The van der Waals surface area contributed by atoms with E-state index in [1.54, 1.807) is 0 Å². The highest BCUT2D eigenvalue weighted by atomic mass is 16.6. The van der Waals surface area contributed by atoms with Crippen molar-refractivity contribution in [1.29, 1.82) is 0 Å². The van der Waals surface area contributed by atoms with E-state index in [0.717, 1.165) is 37.8 Å². The molecule has 0 unspecified atom stereocenters. The standard InChI is InChI=1S/C21H38N4O2/c1-15(2)18-11-10-16(3)13-19(18)27-21(26)23-12-8-6-4-5-7-9-17-14-24-20(22)25-17/h14-16,18-19H,4-13H2,1-3H3,(H,23,26)(H3,22,24,25)/t16-,18+,19-/m1/s1. The highest BCUT2D eigenvalue weighted by molar-refractivity contribution is 5.67. The number of ether oxygens (including phenoxy) is 1. The largest absolute Gasteiger partial charge is 0.446 e. The van der Waals surface area contributed by atoms with Crippen LogP contribution in [0, 0.1) is 17.8 Å². The fourth-order valence-corrected chi connectivity index (χ4v) is 4.09. The molecule has 0 aliphatic heterocycles. The van der Waals surface area contributed by atoms with E-state index < -0.39 is 0 Å². The van der Waals surface area contributed by atoms with Crippen molar-refractivity contribution in [2.75, 3.05) is 12.3 Å². The Balaban J connectivity index is 1.51. The first kappa shape index (κ1) is 21.6. The van der Waals surface area contributed by atoms with Crippen LogP contribution in [0.2, 0.25) is 0 Å². The first-order valence-electron chi connectivity index (χ1n) is 10.7. The summed E-state index contributed by atoms with van der Waals surface area (Å²) in [5, 5.41) is 2.94. The van der Waals surface area contributed by atoms with Gasteiger partial charge >= 0.3 is 6.09 Å². The van der Waals surface area contributed by atoms with Gasteiger partial charge in [-0.1, -0.05) is 46.5 Å². The summed E-state index contributed by atoms with van der Waals surface area (Å²) < 4.78 is 5.76. The van der Waals surface area contributed by atoms with Crippen molar-refractivity contribution in [1.82, 2.24) is 15.3 Å². The van der Waals surface area contributed by atoms with Crippen LogP contribution in [-0.2, 0) is 11.2 Å². The number of aromatic nitrogens is 2. The number of aryl methyl sites for hydroxylation is 1. The zero-order valence-electron chi connectivity index (χ0n) is 17.3. The second kappa shape index (κ2) is 11.2. The molecule has 0 radical (unpaired) electrons. The topological polar surface area (TPSA) is 93.0 Å². The Bertz CT molecular complexity index is 558. The van der Waals surface area contributed by atoms with Gasteiger partial charge in [-0.2, -0.15) is 0 Å². The Labute approximate surface area is 164 Å². The summed E-state index contributed by atoms with van der Waals surface area (Å²) in [6, 6.07) is 0. The average Bonchev–Trinajstić information content (AvgIpc) is 3.02. The van der Waals surface area contributed by atoms with E-state index in [-0.39, 0.29) is 12.2 Å². The zero-order chi connectivity index (χ0) is 19.6. The lowest BCUT2D eigenvalue weighted by atomic mass is 9.75. The van der Waals surface area contributed by atoms with Crippen molar-refractivity contribution >= 4 is 12.0 Å². The molecule has 1 aromatic rings. The number of carbonyl (C=O) groups is 1. The maximum Gasteiger partial charge on any atom is 0.407 e. The number of nitrogens with zero attached hydrogens (tertiary/aromatic N) is 1. The minimum absolute atomic E-state index is 0.0743. The monoisotopic (exact) mass is 378 g/mol. The molecule has 27 heavy (non-hydrogen) atoms. The zero-order valence-corrected chi connectivity index (χ0v) is 17.3. The van der Waals surface area contributed by atoms with Crippen molar-refractivity contribution in [3.8, 4) is 0 Å². The molecular formula is C21H38N4O2. The van der Waals surface area contributed by atoms with Crippen LogP contribution in [0.15, 0.2) is 6.20 Å². The molecule has 0 bridgehead atoms. The SMILES string of the molecule is CC(C)[C@@H]1CC[C@@H](C)C[C@H]1OC(=O)NCCCCCCCc1cnc(N)[nH]1. The van der Waals surface area contributed by atoms with E-state index in [0.29, 0.717) is 30.2 Å². The number of rotatable bonds is 10. The molecule has 0 aromatic carbocycles. The molecule has 4 N–H and O–H groups in total. The van der Waals surface area contributed by atoms with Gasteiger partial charge in [0.15, 0.2) is 5.95 Å². The highest BCUT2D eigenvalue weighted by Gasteiger charge is 2.33. The lowest BCUT2D eigenvalue weighted by Crippen LogP contribution is -2.39. The van der Waals surface area contributed by atoms with Gasteiger partial charge in [0.25, 0.3) is 0 Å². The lowest BCUT2D eigenvalue weighted by molar-refractivity contribution is 0.00622. The molecule has 1 aliphatic carbocycles. The van der Waals surface area contributed by atoms with Gasteiger partial charge < -0.3 is 20.8 Å². The van der Waals surface area contributed by atoms with Gasteiger partial charge in [-0.05, 0) is 49.9 Å². The molecule has 154 valence electrons. The van der Waals surface area contributed by atoms with Gasteiger partial charge in [-0.15, -0.1) is 0 Å². The fourth-order valence-electron chi connectivity index (χ4n) is 4.09. The summed E-state index contributed by atoms with van der Waals surface area (Å²) in [5.74, 6) is 2.20. The number of unbranched alkanes of at least 4 members (excludes halogenated alkanes) is 4. The molecule has 0 spiro atoms. The molecule has 1 fully saturated rings. The van der Waals surface area contributed by atoms with Crippen molar-refractivity contribution in [3.63, 3.8) is 0 Å². The first-order chi connectivity index (χ1) is 13.0. The molecule has 2 rings (SSSR count). The van der Waals surface area contributed by atoms with Gasteiger partial charge in [0.05, 0.1) is 6.20 Å². The number of amides is 1. The maximum absolute atomic E-state index is 12.1. The number of hydrogen-bond acceptors (Lipinski definition) is 4. The van der Waals surface area contributed by atoms with E-state index in [2.05, 4.69) is 36.1 Å². The number of nitrogens with two attached hydrogens (primary N) is 1. The molecule has 1 amide bonds. The van der Waals surface area contributed by atoms with Crippen LogP contribution in [-0.4, -0.2) is 28.7 Å². The minimum Gasteiger partial charge on any atom is -0.446 e. The van der Waals surface area contributed by atoms with E-state index in [1.165, 1.54) is 25.7 Å². The van der Waals surface area contributed by atoms with Gasteiger partial charge in [-0.3, -0.25) is 0 Å². The molecule has 1 aliphatic rings. The van der Waals surface area contributed by atoms with Crippen LogP contribution in [0.4, 0.5) is 10.7 Å². The third-order valence-corrected chi connectivity index (χ3v) is 5.76. The summed E-state index contributed by atoms with van der Waals surface area (Å²) in [4.78, 5) is 19.2. The number of aromatic amines is 1. The third kappa shape index (κ3) is 7.81. The third-order valence-electron chi connectivity index (χ3n) is 5.76. The van der Waals surface area contributed by atoms with Gasteiger partial charge in [0, 0.05) is 12.2 Å². The van der Waals surface area contributed by atoms with Crippen LogP contribution in [0.1, 0.15) is 77.8 Å². The number of hydrogen-bond donors (Lipinski definition) is 3. The molecule has 3 atom stereocenters. The molecule has 6 heteroatoms. The molecule has 6 nitrogen and oxygen atoms in total. The van der Waals surface area contributed by atoms with E-state index in [4.69, 9.17) is 10.5 Å². The first-order valence-corrected chi connectivity index (χ1v) is 10.7. The molecule has 1 aromatic heterocycles. The van der Waals surface area contributed by atoms with Crippen molar-refractivity contribution in [2.24, 2.45) is 17.8 Å².